The van der Waals surface area contributed by atoms with Crippen LogP contribution < -0.4 is 4.74 Å². The van der Waals surface area contributed by atoms with Crippen molar-refractivity contribution in [3.8, 4) is 5.75 Å². The third kappa shape index (κ3) is 26.9. The Morgan fingerprint density at radius 1 is 0.346 bits per heavy atom. The van der Waals surface area contributed by atoms with Crippen LogP contribution in [0, 0.1) is 0 Å². The molecule has 446 valence electrons. The monoisotopic (exact) mass is 1110 g/mol. The molecule has 0 spiro atoms. The van der Waals surface area contributed by atoms with E-state index in [1.54, 1.807) is 144 Å². The molecule has 0 aliphatic carbocycles. The van der Waals surface area contributed by atoms with E-state index in [0.29, 0.717) is 45.0 Å². The second-order valence-electron chi connectivity index (χ2n) is 25.9. The Hall–Kier alpha value is -5.51. The molecule has 21 nitrogen and oxygen atoms in total. The standard InChI is InChI=1S/C56H97FN8O13/c1-51(2,3)73-45(66)60-24-20-58(21-25-61(46(67)74-52(4,5)6)29-33-64(32-28-60)49(70)77-55(13,14)15)40-42-37-43(39-44(38-42)72-36-19-57)41-59-22-26-62(47(68)75-53(7,8)9)30-34-65(50(71)78-56(16,17)18)35-31-63(27-23-59)48(69)76-54(10,11)12/h37-39H,19-36,40-41H2,1-18H3/i57-1. The van der Waals surface area contributed by atoms with Crippen LogP contribution in [0.5, 0.6) is 5.75 Å². The fraction of sp³-hybridized carbons (Fsp3) is 0.786. The first kappa shape index (κ1) is 66.8. The van der Waals surface area contributed by atoms with Crippen molar-refractivity contribution in [2.45, 2.75) is 171 Å². The van der Waals surface area contributed by atoms with Crippen molar-refractivity contribution in [2.24, 2.45) is 0 Å². The third-order valence-electron chi connectivity index (χ3n) is 11.4. The summed E-state index contributed by atoms with van der Waals surface area (Å²) in [7, 11) is 0. The van der Waals surface area contributed by atoms with Gasteiger partial charge in [-0.25, -0.2) is 33.2 Å². The van der Waals surface area contributed by atoms with Crippen molar-refractivity contribution in [2.75, 3.05) is 118 Å². The van der Waals surface area contributed by atoms with Gasteiger partial charge in [0, 0.05) is 118 Å². The Balaban J connectivity index is 2.11. The van der Waals surface area contributed by atoms with Gasteiger partial charge in [0.2, 0.25) is 0 Å². The summed E-state index contributed by atoms with van der Waals surface area (Å²) in [5.41, 5.74) is -3.21. The molecule has 0 N–H and O–H groups in total. The van der Waals surface area contributed by atoms with E-state index in [1.165, 1.54) is 9.80 Å². The highest BCUT2D eigenvalue weighted by molar-refractivity contribution is 5.72. The molecule has 2 saturated heterocycles. The maximum Gasteiger partial charge on any atom is 0.410 e. The number of ether oxygens (including phenoxy) is 7. The normalized spacial score (nSPS) is 17.4. The van der Waals surface area contributed by atoms with E-state index in [1.807, 2.05) is 18.2 Å². The maximum atomic E-state index is 13.9. The van der Waals surface area contributed by atoms with Gasteiger partial charge in [-0.15, -0.1) is 0 Å². The predicted octanol–water partition coefficient (Wildman–Crippen LogP) is 9.09. The Morgan fingerprint density at radius 2 is 0.538 bits per heavy atom. The summed E-state index contributed by atoms with van der Waals surface area (Å²) in [6, 6.07) is 5.69. The van der Waals surface area contributed by atoms with Crippen LogP contribution in [0.2, 0.25) is 0 Å². The van der Waals surface area contributed by atoms with Crippen molar-refractivity contribution < 1.29 is 66.3 Å². The van der Waals surface area contributed by atoms with Gasteiger partial charge in [0.15, 0.2) is 0 Å². The lowest BCUT2D eigenvalue weighted by Gasteiger charge is -2.36. The number of carbonyl (C=O) groups is 6. The summed E-state index contributed by atoms with van der Waals surface area (Å²) >= 11 is 0. The van der Waals surface area contributed by atoms with E-state index < -0.39 is 76.8 Å². The van der Waals surface area contributed by atoms with Gasteiger partial charge in [0.25, 0.3) is 0 Å². The van der Waals surface area contributed by atoms with Gasteiger partial charge in [-0.3, -0.25) is 9.80 Å². The SMILES string of the molecule is CC(C)(C)OC(=O)N1CCN(Cc2cc(CN3CCN(C(=O)OC(C)(C)C)CCN(C(=O)OC(C)(C)C)CCN(C(=O)OC(C)(C)C)CC3)cc(OCC[18F])c2)CCN(C(=O)OC(C)(C)C)CCN(C(=O)OC(C)(C)C)CC1. The second-order valence-corrected chi connectivity index (χ2v) is 25.9. The van der Waals surface area contributed by atoms with E-state index in [4.69, 9.17) is 33.2 Å². The first-order valence-electron chi connectivity index (χ1n) is 27.4. The molecule has 3 rings (SSSR count). The smallest absolute Gasteiger partial charge is 0.410 e. The number of benzene rings is 1. The fourth-order valence-electron chi connectivity index (χ4n) is 7.95. The molecule has 2 heterocycles. The van der Waals surface area contributed by atoms with E-state index in [9.17, 15) is 33.2 Å². The van der Waals surface area contributed by atoms with Gasteiger partial charge >= 0.3 is 36.6 Å². The van der Waals surface area contributed by atoms with E-state index in [2.05, 4.69) is 9.80 Å². The molecule has 1 aromatic carbocycles. The Labute approximate surface area is 465 Å². The third-order valence-corrected chi connectivity index (χ3v) is 11.4. The molecule has 2 aliphatic heterocycles. The van der Waals surface area contributed by atoms with Gasteiger partial charge < -0.3 is 62.6 Å². The molecule has 0 unspecified atom stereocenters. The Bertz CT molecular complexity index is 1900. The van der Waals surface area contributed by atoms with Crippen LogP contribution in [-0.2, 0) is 41.5 Å². The molecule has 0 aromatic heterocycles. The van der Waals surface area contributed by atoms with Crippen molar-refractivity contribution in [3.63, 3.8) is 0 Å². The molecule has 2 fully saturated rings. The molecule has 0 radical (unpaired) electrons. The van der Waals surface area contributed by atoms with Gasteiger partial charge in [-0.1, -0.05) is 6.07 Å². The molecule has 1 aromatic rings. The van der Waals surface area contributed by atoms with Gasteiger partial charge in [-0.05, 0) is 148 Å². The molecular weight excluding hydrogens is 1010 g/mol. The first-order chi connectivity index (χ1) is 35.8. The van der Waals surface area contributed by atoms with Crippen molar-refractivity contribution >= 4 is 36.6 Å². The number of hydrogen-bond acceptors (Lipinski definition) is 15. The van der Waals surface area contributed by atoms with Crippen LogP contribution >= 0.6 is 0 Å². The Morgan fingerprint density at radius 3 is 0.718 bits per heavy atom. The van der Waals surface area contributed by atoms with E-state index in [-0.39, 0.29) is 85.1 Å². The summed E-state index contributed by atoms with van der Waals surface area (Å²) < 4.78 is 54.7. The molecule has 22 heteroatoms. The van der Waals surface area contributed by atoms with Gasteiger partial charge in [0.1, 0.15) is 52.6 Å². The molecule has 0 atom stereocenters. The van der Waals surface area contributed by atoms with Crippen LogP contribution in [0.4, 0.5) is 33.2 Å². The minimum atomic E-state index is -0.802. The fourth-order valence-corrected chi connectivity index (χ4v) is 7.95. The molecule has 0 saturated carbocycles. The highest BCUT2D eigenvalue weighted by Crippen LogP contribution is 2.23. The van der Waals surface area contributed by atoms with Crippen molar-refractivity contribution in [1.82, 2.24) is 39.2 Å². The zero-order valence-electron chi connectivity index (χ0n) is 50.6. The van der Waals surface area contributed by atoms with E-state index in [0.717, 1.165) is 11.1 Å². The highest BCUT2D eigenvalue weighted by Gasteiger charge is 2.33. The number of carbonyl (C=O) groups excluding carboxylic acids is 6. The number of rotatable bonds is 7. The summed E-state index contributed by atoms with van der Waals surface area (Å²) in [4.78, 5) is 96.1. The van der Waals surface area contributed by atoms with Gasteiger partial charge in [-0.2, -0.15) is 0 Å². The zero-order valence-corrected chi connectivity index (χ0v) is 50.6. The minimum absolute atomic E-state index is 0.0969. The average molecular weight is 1110 g/mol. The molecule has 2 aliphatic rings. The number of hydrogen-bond donors (Lipinski definition) is 0. The number of halogens is 1. The van der Waals surface area contributed by atoms with Crippen LogP contribution in [0.25, 0.3) is 0 Å². The van der Waals surface area contributed by atoms with Crippen LogP contribution in [0.3, 0.4) is 0 Å². The predicted molar refractivity (Wildman–Crippen MR) is 295 cm³/mol. The van der Waals surface area contributed by atoms with Crippen LogP contribution in [-0.4, -0.2) is 227 Å². The van der Waals surface area contributed by atoms with Crippen LogP contribution in [0.15, 0.2) is 18.2 Å². The molecule has 6 amide bonds. The highest BCUT2D eigenvalue weighted by atomic mass is 18.2. The van der Waals surface area contributed by atoms with Crippen molar-refractivity contribution in [3.05, 3.63) is 29.3 Å². The largest absolute Gasteiger partial charge is 0.491 e. The van der Waals surface area contributed by atoms with E-state index >= 15 is 0 Å². The molecular formula is C56H97FN8O13. The lowest BCUT2D eigenvalue weighted by molar-refractivity contribution is 0.00436. The Kier molecular flexibility index (Phi) is 24.5. The number of amides is 6. The lowest BCUT2D eigenvalue weighted by atomic mass is 10.1. The van der Waals surface area contributed by atoms with Crippen molar-refractivity contribution in [1.29, 1.82) is 0 Å². The topological polar surface area (TPSA) is 193 Å². The summed E-state index contributed by atoms with van der Waals surface area (Å²) in [6.07, 6.45) is -3.37. The summed E-state index contributed by atoms with van der Waals surface area (Å²) in [5.74, 6) is 0.421. The average Bonchev–Trinajstić information content (AvgIpc) is 3.23. The summed E-state index contributed by atoms with van der Waals surface area (Å²) in [5, 5.41) is 0. The molecule has 78 heavy (non-hydrogen) atoms. The second kappa shape index (κ2) is 28.6. The lowest BCUT2D eigenvalue weighted by Crippen LogP contribution is -2.51. The minimum Gasteiger partial charge on any atom is -0.491 e. The number of alkyl halides is 1. The number of nitrogens with zero attached hydrogens (tertiary/aromatic N) is 8. The van der Waals surface area contributed by atoms with Crippen LogP contribution in [0.1, 0.15) is 136 Å². The van der Waals surface area contributed by atoms with Gasteiger partial charge in [0.05, 0.1) is 0 Å². The maximum absolute atomic E-state index is 13.9. The zero-order chi connectivity index (χ0) is 59.0. The first-order valence-corrected chi connectivity index (χ1v) is 27.4. The summed E-state index contributed by atoms with van der Waals surface area (Å²) in [6.45, 7) is 34.7. The quantitative estimate of drug-likeness (QED) is 0.235. The molecule has 0 bridgehead atoms.